The number of benzene rings is 2. The van der Waals surface area contributed by atoms with Crippen molar-refractivity contribution < 1.29 is 31.9 Å². The summed E-state index contributed by atoms with van der Waals surface area (Å²) in [6.07, 6.45) is 0.750. The fourth-order valence-corrected chi connectivity index (χ4v) is 5.71. The Morgan fingerprint density at radius 2 is 1.82 bits per heavy atom. The van der Waals surface area contributed by atoms with Gasteiger partial charge in [0.2, 0.25) is 15.9 Å². The molecule has 2 aromatic rings. The molecule has 10 heteroatoms. The lowest BCUT2D eigenvalue weighted by atomic mass is 10.2. The maximum absolute atomic E-state index is 13.5. The molecule has 0 spiro atoms. The van der Waals surface area contributed by atoms with Gasteiger partial charge in [-0.15, -0.1) is 0 Å². The number of carbonyl (C=O) groups excluding carboxylic acids is 2. The van der Waals surface area contributed by atoms with Crippen molar-refractivity contribution in [3.05, 3.63) is 54.3 Å². The van der Waals surface area contributed by atoms with Gasteiger partial charge < -0.3 is 9.47 Å². The number of carbonyl (C=O) groups is 2. The molecule has 2 amide bonds. The van der Waals surface area contributed by atoms with Crippen molar-refractivity contribution in [1.82, 2.24) is 4.31 Å². The number of sulfonamides is 1. The number of anilines is 1. The van der Waals surface area contributed by atoms with E-state index in [4.69, 9.17) is 9.47 Å². The minimum absolute atomic E-state index is 0.0689. The van der Waals surface area contributed by atoms with Gasteiger partial charge in [-0.1, -0.05) is 0 Å². The van der Waals surface area contributed by atoms with Crippen molar-refractivity contribution in [3.8, 4) is 5.75 Å². The molecule has 0 aliphatic carbocycles. The number of halogens is 1. The summed E-state index contributed by atoms with van der Waals surface area (Å²) in [6, 6.07) is 9.64. The van der Waals surface area contributed by atoms with E-state index in [-0.39, 0.29) is 24.0 Å². The van der Waals surface area contributed by atoms with Crippen LogP contribution in [0.25, 0.3) is 0 Å². The van der Waals surface area contributed by atoms with Crippen molar-refractivity contribution in [2.45, 2.75) is 43.2 Å². The summed E-state index contributed by atoms with van der Waals surface area (Å²) in [5, 5.41) is 0. The lowest BCUT2D eigenvalue weighted by molar-refractivity contribution is -0.122. The summed E-state index contributed by atoms with van der Waals surface area (Å²) in [5.74, 6) is -1.11. The number of hydrogen-bond donors (Lipinski definition) is 0. The third-order valence-electron chi connectivity index (χ3n) is 5.70. The summed E-state index contributed by atoms with van der Waals surface area (Å²) >= 11 is 0. The van der Waals surface area contributed by atoms with E-state index in [1.807, 2.05) is 6.92 Å². The number of amides is 2. The zero-order chi connectivity index (χ0) is 23.6. The van der Waals surface area contributed by atoms with Crippen LogP contribution in [0.3, 0.4) is 0 Å². The highest BCUT2D eigenvalue weighted by Gasteiger charge is 2.47. The molecule has 2 saturated heterocycles. The highest BCUT2D eigenvalue weighted by molar-refractivity contribution is 7.89. The Hall–Kier alpha value is -2.82. The fourth-order valence-electron chi connectivity index (χ4n) is 4.09. The first-order chi connectivity index (χ1) is 15.8. The predicted octanol–water partition coefficient (Wildman–Crippen LogP) is 2.73. The molecule has 2 fully saturated rings. The molecule has 2 aromatic carbocycles. The van der Waals surface area contributed by atoms with Gasteiger partial charge in [0.15, 0.2) is 0 Å². The second kappa shape index (κ2) is 9.58. The highest BCUT2D eigenvalue weighted by atomic mass is 32.2. The van der Waals surface area contributed by atoms with Gasteiger partial charge in [-0.05, 0) is 68.3 Å². The monoisotopic (exact) mass is 476 g/mol. The first-order valence-electron chi connectivity index (χ1n) is 10.8. The normalized spacial score (nSPS) is 21.2. The van der Waals surface area contributed by atoms with Crippen molar-refractivity contribution in [2.75, 3.05) is 24.7 Å². The van der Waals surface area contributed by atoms with E-state index in [2.05, 4.69) is 0 Å². The van der Waals surface area contributed by atoms with Crippen molar-refractivity contribution in [1.29, 1.82) is 0 Å². The average Bonchev–Trinajstić information content (AvgIpc) is 3.41. The standard InChI is InChI=1S/C23H25FN2O6S/c1-2-31-18-9-7-17(8-10-18)26-22(27)14-21(23(26)28)25(15-19-4-3-13-32-19)33(29,30)20-11-5-16(24)6-12-20/h5-12,19,21H,2-4,13-15H2,1H3. The number of ether oxygens (including phenoxy) is 2. The zero-order valence-corrected chi connectivity index (χ0v) is 19.0. The molecule has 2 unspecified atom stereocenters. The van der Waals surface area contributed by atoms with Gasteiger partial charge in [0.05, 0.1) is 29.7 Å². The third-order valence-corrected chi connectivity index (χ3v) is 7.59. The summed E-state index contributed by atoms with van der Waals surface area (Å²) in [4.78, 5) is 27.0. The van der Waals surface area contributed by atoms with Crippen LogP contribution in [0.5, 0.6) is 5.75 Å². The van der Waals surface area contributed by atoms with E-state index >= 15 is 0 Å². The zero-order valence-electron chi connectivity index (χ0n) is 18.1. The van der Waals surface area contributed by atoms with Crippen molar-refractivity contribution >= 4 is 27.5 Å². The molecule has 0 N–H and O–H groups in total. The van der Waals surface area contributed by atoms with Gasteiger partial charge in [0, 0.05) is 13.2 Å². The maximum atomic E-state index is 13.5. The maximum Gasteiger partial charge on any atom is 0.252 e. The highest BCUT2D eigenvalue weighted by Crippen LogP contribution is 2.31. The lowest BCUT2D eigenvalue weighted by Gasteiger charge is -2.29. The molecule has 2 atom stereocenters. The van der Waals surface area contributed by atoms with E-state index in [0.717, 1.165) is 39.9 Å². The third kappa shape index (κ3) is 4.78. The predicted molar refractivity (Wildman–Crippen MR) is 118 cm³/mol. The first-order valence-corrected chi connectivity index (χ1v) is 12.2. The molecule has 4 rings (SSSR count). The molecule has 33 heavy (non-hydrogen) atoms. The van der Waals surface area contributed by atoms with Gasteiger partial charge in [-0.25, -0.2) is 17.7 Å². The average molecular weight is 477 g/mol. The smallest absolute Gasteiger partial charge is 0.252 e. The second-order valence-electron chi connectivity index (χ2n) is 7.88. The Kier molecular flexibility index (Phi) is 6.78. The molecular formula is C23H25FN2O6S. The second-order valence-corrected chi connectivity index (χ2v) is 9.77. The van der Waals surface area contributed by atoms with E-state index in [9.17, 15) is 22.4 Å². The SMILES string of the molecule is CCOc1ccc(N2C(=O)CC(N(CC3CCCO3)S(=O)(=O)c3ccc(F)cc3)C2=O)cc1. The summed E-state index contributed by atoms with van der Waals surface area (Å²) in [6.45, 7) is 2.75. The quantitative estimate of drug-likeness (QED) is 0.544. The van der Waals surface area contributed by atoms with Crippen LogP contribution in [0, 0.1) is 5.82 Å². The topological polar surface area (TPSA) is 93.2 Å². The van der Waals surface area contributed by atoms with Gasteiger partial charge in [0.25, 0.3) is 5.91 Å². The van der Waals surface area contributed by atoms with Crippen LogP contribution in [-0.2, 0) is 24.3 Å². The Morgan fingerprint density at radius 1 is 1.12 bits per heavy atom. The van der Waals surface area contributed by atoms with E-state index < -0.39 is 33.7 Å². The summed E-state index contributed by atoms with van der Waals surface area (Å²) in [7, 11) is -4.20. The van der Waals surface area contributed by atoms with E-state index in [1.54, 1.807) is 24.3 Å². The lowest BCUT2D eigenvalue weighted by Crippen LogP contribution is -2.48. The number of hydrogen-bond acceptors (Lipinski definition) is 6. The molecule has 2 heterocycles. The molecule has 0 saturated carbocycles. The number of rotatable bonds is 8. The first kappa shape index (κ1) is 23.3. The van der Waals surface area contributed by atoms with Crippen LogP contribution in [-0.4, -0.2) is 56.4 Å². The Balaban J connectivity index is 1.65. The molecule has 8 nitrogen and oxygen atoms in total. The Labute approximate surface area is 191 Å². The van der Waals surface area contributed by atoms with Crippen molar-refractivity contribution in [2.24, 2.45) is 0 Å². The Bertz CT molecular complexity index is 1110. The molecule has 2 aliphatic heterocycles. The van der Waals surface area contributed by atoms with Gasteiger partial charge in [-0.3, -0.25) is 9.59 Å². The molecule has 2 aliphatic rings. The molecular weight excluding hydrogens is 451 g/mol. The summed E-state index contributed by atoms with van der Waals surface area (Å²) in [5.41, 5.74) is 0.340. The van der Waals surface area contributed by atoms with Crippen LogP contribution in [0.4, 0.5) is 10.1 Å². The molecule has 0 radical (unpaired) electrons. The van der Waals surface area contributed by atoms with Gasteiger partial charge in [-0.2, -0.15) is 4.31 Å². The van der Waals surface area contributed by atoms with Gasteiger partial charge >= 0.3 is 0 Å². The van der Waals surface area contributed by atoms with Crippen LogP contribution in [0.1, 0.15) is 26.2 Å². The molecule has 176 valence electrons. The van der Waals surface area contributed by atoms with Gasteiger partial charge in [0.1, 0.15) is 17.6 Å². The molecule has 0 aromatic heterocycles. The van der Waals surface area contributed by atoms with Crippen LogP contribution in [0.15, 0.2) is 53.4 Å². The number of imide groups is 1. The van der Waals surface area contributed by atoms with Crippen molar-refractivity contribution in [3.63, 3.8) is 0 Å². The minimum atomic E-state index is -4.20. The Morgan fingerprint density at radius 3 is 2.42 bits per heavy atom. The van der Waals surface area contributed by atoms with Crippen LogP contribution >= 0.6 is 0 Å². The fraction of sp³-hybridized carbons (Fsp3) is 0.391. The minimum Gasteiger partial charge on any atom is -0.494 e. The number of nitrogens with zero attached hydrogens (tertiary/aromatic N) is 2. The van der Waals surface area contributed by atoms with Crippen LogP contribution < -0.4 is 9.64 Å². The van der Waals surface area contributed by atoms with Crippen LogP contribution in [0.2, 0.25) is 0 Å². The molecule has 0 bridgehead atoms. The van der Waals surface area contributed by atoms with E-state index in [0.29, 0.717) is 31.1 Å². The largest absolute Gasteiger partial charge is 0.494 e. The summed E-state index contributed by atoms with van der Waals surface area (Å²) < 4.78 is 52.4. The van der Waals surface area contributed by atoms with E-state index in [1.165, 1.54) is 0 Å².